The van der Waals surface area contributed by atoms with Gasteiger partial charge in [-0.15, -0.1) is 0 Å². The largest absolute Gasteiger partial charge is 0.487 e. The summed E-state index contributed by atoms with van der Waals surface area (Å²) in [5.74, 6) is 0. The van der Waals surface area contributed by atoms with Crippen molar-refractivity contribution in [2.24, 2.45) is 0 Å². The Kier molecular flexibility index (Phi) is 13.0. The monoisotopic (exact) mass is 116 g/mol. The fraction of sp³-hybridized carbons (Fsp3) is 0.333. The molecule has 0 aromatic rings. The third-order valence-corrected chi connectivity index (χ3v) is 0. The second kappa shape index (κ2) is 9.21. The summed E-state index contributed by atoms with van der Waals surface area (Å²) in [4.78, 5) is 0. The van der Waals surface area contributed by atoms with Crippen LogP contribution in [0, 0.1) is 13.6 Å². The molecule has 0 N–H and O–H groups in total. The van der Waals surface area contributed by atoms with E-state index >= 15 is 0 Å². The molecule has 0 heterocycles. The summed E-state index contributed by atoms with van der Waals surface area (Å²) in [6.45, 7) is -0.764. The van der Waals surface area contributed by atoms with Crippen LogP contribution in [0.2, 0.25) is 0 Å². The fourth-order valence-corrected chi connectivity index (χ4v) is 0. The number of halogens is 4. The Bertz CT molecular complexity index is 18.1. The molecular weight excluding hydrogens is 112 g/mol. The van der Waals surface area contributed by atoms with E-state index in [9.17, 15) is 17.6 Å². The molecule has 0 rings (SSSR count). The van der Waals surface area contributed by atoms with Crippen LogP contribution in [-0.2, 0) is 0 Å². The highest BCUT2D eigenvalue weighted by molar-refractivity contribution is 4.21. The molecule has 0 fully saturated rings. The van der Waals surface area contributed by atoms with Crippen LogP contribution in [0.5, 0.6) is 0 Å². The van der Waals surface area contributed by atoms with Crippen LogP contribution >= 0.6 is 0 Å². The van der Waals surface area contributed by atoms with E-state index in [1.165, 1.54) is 0 Å². The molecule has 7 heavy (non-hydrogen) atoms. The van der Waals surface area contributed by atoms with E-state index in [4.69, 9.17) is 0 Å². The van der Waals surface area contributed by atoms with Gasteiger partial charge in [-0.1, -0.05) is 0 Å². The Balaban J connectivity index is 0. The van der Waals surface area contributed by atoms with Crippen molar-refractivity contribution in [3.8, 4) is 0 Å². The first-order valence-electron chi connectivity index (χ1n) is 1.33. The number of alkyl halides is 1. The van der Waals surface area contributed by atoms with E-state index in [1.54, 1.807) is 0 Å². The maximum absolute atomic E-state index is 10.2. The van der Waals surface area contributed by atoms with Crippen molar-refractivity contribution in [1.82, 2.24) is 0 Å². The smallest absolute Gasteiger partial charge is 0.251 e. The predicted octanol–water partition coefficient (Wildman–Crippen LogP) is 2.13. The van der Waals surface area contributed by atoms with Gasteiger partial charge in [0.05, 0.1) is 6.67 Å². The Morgan fingerprint density at radius 3 is 1.29 bits per heavy atom. The lowest BCUT2D eigenvalue weighted by atomic mass is 10.9. The number of rotatable bonds is 0. The van der Waals surface area contributed by atoms with Crippen molar-refractivity contribution in [3.63, 3.8) is 0 Å². The highest BCUT2D eigenvalue weighted by Crippen LogP contribution is 1.99. The van der Waals surface area contributed by atoms with E-state index in [1.807, 2.05) is 0 Å². The topological polar surface area (TPSA) is 0 Å². The zero-order chi connectivity index (χ0) is 6.28. The van der Waals surface area contributed by atoms with Crippen LogP contribution in [0.1, 0.15) is 0 Å². The number of hydrogen-bond acceptors (Lipinski definition) is 0. The van der Waals surface area contributed by atoms with E-state index < -0.39 is 13.4 Å². The van der Waals surface area contributed by atoms with Gasteiger partial charge in [0.15, 0.2) is 0 Å². The second-order valence-electron chi connectivity index (χ2n) is 0.403. The third kappa shape index (κ3) is 1010. The second-order valence-corrected chi connectivity index (χ2v) is 0.403. The lowest BCUT2D eigenvalue weighted by molar-refractivity contribution is 0.142. The molecule has 4 heteroatoms. The van der Waals surface area contributed by atoms with Crippen molar-refractivity contribution in [2.45, 2.75) is 0 Å². The van der Waals surface area contributed by atoms with Crippen LogP contribution in [0.15, 0.2) is 0 Å². The van der Waals surface area contributed by atoms with Crippen LogP contribution in [0.4, 0.5) is 17.6 Å². The maximum atomic E-state index is 10.2. The number of hydrogen-bond donors (Lipinski definition) is 0. The highest BCUT2D eigenvalue weighted by Gasteiger charge is 1.93. The molecule has 0 amide bonds. The van der Waals surface area contributed by atoms with Gasteiger partial charge in [-0.25, -0.2) is 0 Å². The lowest BCUT2D eigenvalue weighted by Crippen LogP contribution is -1.49. The van der Waals surface area contributed by atoms with Crippen molar-refractivity contribution in [2.75, 3.05) is 6.67 Å². The summed E-state index contributed by atoms with van der Waals surface area (Å²) in [6.07, 6.45) is 0. The summed E-state index contributed by atoms with van der Waals surface area (Å²) in [6, 6.07) is 0. The minimum atomic E-state index is -3.08. The third-order valence-electron chi connectivity index (χ3n) is 0. The first-order chi connectivity index (χ1) is 3.15. The molecular formula is C3H4F4. The fourth-order valence-electron chi connectivity index (χ4n) is 0. The van der Waals surface area contributed by atoms with Gasteiger partial charge in [0.25, 0.3) is 0 Å². The molecule has 0 aromatic heterocycles. The zero-order valence-electron chi connectivity index (χ0n) is 3.43. The molecule has 0 aromatic carbocycles. The van der Waals surface area contributed by atoms with E-state index in [0.717, 1.165) is 0 Å². The van der Waals surface area contributed by atoms with Gasteiger partial charge in [-0.2, -0.15) is 13.2 Å². The molecule has 0 unspecified atom stereocenters. The lowest BCUT2D eigenvalue weighted by Gasteiger charge is -1.60. The van der Waals surface area contributed by atoms with Gasteiger partial charge in [0, 0.05) is 0 Å². The molecule has 0 saturated heterocycles. The Morgan fingerprint density at radius 2 is 1.29 bits per heavy atom. The van der Waals surface area contributed by atoms with Gasteiger partial charge in [-0.3, -0.25) is 4.39 Å². The minimum absolute atomic E-state index is 0.500. The van der Waals surface area contributed by atoms with Crippen molar-refractivity contribution in [1.29, 1.82) is 0 Å². The average molecular weight is 116 g/mol. The first kappa shape index (κ1) is 9.87. The van der Waals surface area contributed by atoms with Crippen molar-refractivity contribution < 1.29 is 17.6 Å². The molecule has 0 aliphatic carbocycles. The van der Waals surface area contributed by atoms with Gasteiger partial charge in [0.2, 0.25) is 0 Å². The quantitative estimate of drug-likeness (QED) is 0.425. The van der Waals surface area contributed by atoms with Gasteiger partial charge in [-0.05, 0) is 6.92 Å². The summed E-state index contributed by atoms with van der Waals surface area (Å²) in [7, 11) is 0. The molecule has 0 nitrogen and oxygen atoms in total. The summed E-state index contributed by atoms with van der Waals surface area (Å²) in [5, 5.41) is 0. The first-order valence-corrected chi connectivity index (χ1v) is 1.33. The molecule has 0 aliphatic rings. The molecule has 0 aliphatic heterocycles. The molecule has 0 atom stereocenters. The van der Waals surface area contributed by atoms with Crippen LogP contribution in [0.25, 0.3) is 0 Å². The van der Waals surface area contributed by atoms with Gasteiger partial charge < -0.3 is 0 Å². The normalized spacial score (nSPS) is 7.71. The molecule has 0 saturated carbocycles. The minimum Gasteiger partial charge on any atom is -0.251 e. The maximum Gasteiger partial charge on any atom is 0.487 e. The van der Waals surface area contributed by atoms with Crippen molar-refractivity contribution in [3.05, 3.63) is 13.6 Å². The van der Waals surface area contributed by atoms with E-state index in [2.05, 4.69) is 6.92 Å². The zero-order valence-corrected chi connectivity index (χ0v) is 3.43. The predicted molar refractivity (Wildman–Crippen MR) is 17.9 cm³/mol. The standard InChI is InChI=1S/C2H4F.CF3/c1-2-3;2-1(3)4/h1-2H2;. The van der Waals surface area contributed by atoms with Gasteiger partial charge >= 0.3 is 6.68 Å². The molecule has 2 radical (unpaired) electrons. The van der Waals surface area contributed by atoms with Gasteiger partial charge in [0.1, 0.15) is 0 Å². The molecule has 0 spiro atoms. The van der Waals surface area contributed by atoms with Crippen LogP contribution in [0.3, 0.4) is 0 Å². The summed E-state index contributed by atoms with van der Waals surface area (Å²) in [5.41, 5.74) is 0. The van der Waals surface area contributed by atoms with Crippen LogP contribution < -0.4 is 0 Å². The van der Waals surface area contributed by atoms with E-state index in [-0.39, 0.29) is 0 Å². The highest BCUT2D eigenvalue weighted by atomic mass is 19.4. The Morgan fingerprint density at radius 1 is 1.29 bits per heavy atom. The van der Waals surface area contributed by atoms with Crippen molar-refractivity contribution >= 4 is 0 Å². The Hall–Kier alpha value is -0.280. The summed E-state index contributed by atoms with van der Waals surface area (Å²) >= 11 is 0. The average Bonchev–Trinajstić information content (AvgIpc) is 1.33. The molecule has 0 bridgehead atoms. The molecule has 44 valence electrons. The summed E-state index contributed by atoms with van der Waals surface area (Å²) < 4.78 is 38.9. The van der Waals surface area contributed by atoms with E-state index in [0.29, 0.717) is 0 Å². The van der Waals surface area contributed by atoms with Crippen LogP contribution in [-0.4, -0.2) is 6.67 Å². The SMILES string of the molecule is F[C](F)F.[CH2]CF. The Labute approximate surface area is 39.1 Å².